The molecule has 3 aromatic carbocycles. The summed E-state index contributed by atoms with van der Waals surface area (Å²) in [4.78, 5) is 39.3. The highest BCUT2D eigenvalue weighted by molar-refractivity contribution is 6.53. The van der Waals surface area contributed by atoms with Crippen molar-refractivity contribution >= 4 is 58.0 Å². The standard InChI is InChI=1S/C26H18Cl2F3N3O3/c1-13-9-14(2)11-18(10-13)34-24(36)21(28)22(25(34)37)32-17-6-3-15(4-7-17)23(35)33-20-12-16(26(29,30)31)5-8-19(20)27/h3-12,32H,1-2H3,(H,33,35). The second-order valence-electron chi connectivity index (χ2n) is 8.33. The number of amides is 3. The molecule has 3 aromatic rings. The Kier molecular flexibility index (Phi) is 7.03. The molecule has 0 aliphatic carbocycles. The van der Waals surface area contributed by atoms with Gasteiger partial charge in [0.15, 0.2) is 0 Å². The van der Waals surface area contributed by atoms with Gasteiger partial charge in [-0.2, -0.15) is 13.2 Å². The number of nitrogens with zero attached hydrogens (tertiary/aromatic N) is 1. The Morgan fingerprint density at radius 3 is 2.08 bits per heavy atom. The number of nitrogens with one attached hydrogen (secondary N) is 2. The molecule has 0 radical (unpaired) electrons. The lowest BCUT2D eigenvalue weighted by Crippen LogP contribution is -2.32. The zero-order chi connectivity index (χ0) is 27.1. The van der Waals surface area contributed by atoms with Gasteiger partial charge in [-0.15, -0.1) is 0 Å². The minimum absolute atomic E-state index is 0.0565. The SMILES string of the molecule is Cc1cc(C)cc(N2C(=O)C(Cl)=C(Nc3ccc(C(=O)Nc4cc(C(F)(F)F)ccc4Cl)cc3)C2=O)c1. The number of imide groups is 1. The fourth-order valence-electron chi connectivity index (χ4n) is 3.77. The van der Waals surface area contributed by atoms with Gasteiger partial charge in [0, 0.05) is 11.3 Å². The maximum absolute atomic E-state index is 13.0. The summed E-state index contributed by atoms with van der Waals surface area (Å²) in [5.74, 6) is -2.01. The Morgan fingerprint density at radius 1 is 0.865 bits per heavy atom. The molecular weight excluding hydrogens is 530 g/mol. The third kappa shape index (κ3) is 5.47. The Morgan fingerprint density at radius 2 is 1.49 bits per heavy atom. The van der Waals surface area contributed by atoms with Crippen LogP contribution >= 0.6 is 23.2 Å². The van der Waals surface area contributed by atoms with Crippen molar-refractivity contribution < 1.29 is 27.6 Å². The van der Waals surface area contributed by atoms with Gasteiger partial charge in [-0.1, -0.05) is 29.3 Å². The molecule has 1 aliphatic heterocycles. The molecule has 0 atom stereocenters. The summed E-state index contributed by atoms with van der Waals surface area (Å²) in [6.07, 6.45) is -4.60. The Balaban J connectivity index is 1.50. The van der Waals surface area contributed by atoms with Gasteiger partial charge in [0.25, 0.3) is 17.7 Å². The smallest absolute Gasteiger partial charge is 0.350 e. The first-order valence-electron chi connectivity index (χ1n) is 10.8. The molecule has 0 fully saturated rings. The second kappa shape index (κ2) is 9.91. The molecule has 0 saturated carbocycles. The highest BCUT2D eigenvalue weighted by Crippen LogP contribution is 2.34. The first-order valence-corrected chi connectivity index (χ1v) is 11.5. The zero-order valence-corrected chi connectivity index (χ0v) is 20.8. The molecular formula is C26H18Cl2F3N3O3. The molecule has 0 unspecified atom stereocenters. The Bertz CT molecular complexity index is 1450. The van der Waals surface area contributed by atoms with Gasteiger partial charge in [-0.3, -0.25) is 14.4 Å². The van der Waals surface area contributed by atoms with E-state index < -0.39 is 29.5 Å². The highest BCUT2D eigenvalue weighted by atomic mass is 35.5. The number of anilines is 3. The van der Waals surface area contributed by atoms with Crippen LogP contribution in [0.3, 0.4) is 0 Å². The van der Waals surface area contributed by atoms with E-state index in [1.807, 2.05) is 19.9 Å². The van der Waals surface area contributed by atoms with Gasteiger partial charge in [-0.25, -0.2) is 4.90 Å². The van der Waals surface area contributed by atoms with E-state index in [-0.39, 0.29) is 27.0 Å². The number of alkyl halides is 3. The average Bonchev–Trinajstić information content (AvgIpc) is 3.02. The lowest BCUT2D eigenvalue weighted by atomic mass is 10.1. The molecule has 6 nitrogen and oxygen atoms in total. The van der Waals surface area contributed by atoms with E-state index >= 15 is 0 Å². The molecule has 1 aliphatic rings. The van der Waals surface area contributed by atoms with E-state index in [4.69, 9.17) is 23.2 Å². The van der Waals surface area contributed by atoms with Crippen LogP contribution in [0.1, 0.15) is 27.0 Å². The van der Waals surface area contributed by atoms with Crippen molar-refractivity contribution in [2.45, 2.75) is 20.0 Å². The summed E-state index contributed by atoms with van der Waals surface area (Å²) in [7, 11) is 0. The fourth-order valence-corrected chi connectivity index (χ4v) is 4.14. The Labute approximate surface area is 219 Å². The van der Waals surface area contributed by atoms with E-state index in [1.165, 1.54) is 24.3 Å². The van der Waals surface area contributed by atoms with Gasteiger partial charge in [0.2, 0.25) is 0 Å². The molecule has 0 saturated heterocycles. The van der Waals surface area contributed by atoms with E-state index in [0.29, 0.717) is 11.4 Å². The van der Waals surface area contributed by atoms with Crippen LogP contribution in [0.15, 0.2) is 71.4 Å². The summed E-state index contributed by atoms with van der Waals surface area (Å²) < 4.78 is 38.9. The van der Waals surface area contributed by atoms with Crippen LogP contribution in [0.25, 0.3) is 0 Å². The number of hydrogen-bond acceptors (Lipinski definition) is 4. The largest absolute Gasteiger partial charge is 0.416 e. The van der Waals surface area contributed by atoms with E-state index in [2.05, 4.69) is 10.6 Å². The van der Waals surface area contributed by atoms with Crippen LogP contribution < -0.4 is 15.5 Å². The summed E-state index contributed by atoms with van der Waals surface area (Å²) in [6, 6.07) is 13.6. The molecule has 190 valence electrons. The van der Waals surface area contributed by atoms with Crippen molar-refractivity contribution in [3.8, 4) is 0 Å². The van der Waals surface area contributed by atoms with Crippen molar-refractivity contribution in [1.82, 2.24) is 0 Å². The quantitative estimate of drug-likeness (QED) is 0.350. The van der Waals surface area contributed by atoms with Gasteiger partial charge < -0.3 is 10.6 Å². The molecule has 11 heteroatoms. The number of carbonyl (C=O) groups excluding carboxylic acids is 3. The zero-order valence-electron chi connectivity index (χ0n) is 19.3. The molecule has 3 amide bonds. The van der Waals surface area contributed by atoms with Crippen LogP contribution in [0, 0.1) is 13.8 Å². The molecule has 2 N–H and O–H groups in total. The first-order chi connectivity index (χ1) is 17.3. The third-order valence-electron chi connectivity index (χ3n) is 5.45. The lowest BCUT2D eigenvalue weighted by Gasteiger charge is -2.16. The number of rotatable bonds is 5. The molecule has 4 rings (SSSR count). The number of hydrogen-bond donors (Lipinski definition) is 2. The molecule has 0 spiro atoms. The normalized spacial score (nSPS) is 13.9. The first kappa shape index (κ1) is 26.2. The maximum atomic E-state index is 13.0. The van der Waals surface area contributed by atoms with Crippen LogP contribution in [-0.2, 0) is 15.8 Å². The minimum atomic E-state index is -4.60. The maximum Gasteiger partial charge on any atom is 0.416 e. The number of carbonyl (C=O) groups is 3. The summed E-state index contributed by atoms with van der Waals surface area (Å²) in [6.45, 7) is 3.68. The Hall–Kier alpha value is -3.82. The van der Waals surface area contributed by atoms with E-state index in [1.54, 1.807) is 12.1 Å². The highest BCUT2D eigenvalue weighted by Gasteiger charge is 2.39. The monoisotopic (exact) mass is 547 g/mol. The number of benzene rings is 3. The molecule has 0 aromatic heterocycles. The number of aryl methyl sites for hydroxylation is 2. The third-order valence-corrected chi connectivity index (χ3v) is 6.13. The van der Waals surface area contributed by atoms with Gasteiger partial charge in [-0.05, 0) is 79.6 Å². The molecule has 37 heavy (non-hydrogen) atoms. The molecule has 1 heterocycles. The van der Waals surface area contributed by atoms with Crippen molar-refractivity contribution in [3.05, 3.63) is 98.7 Å². The van der Waals surface area contributed by atoms with Crippen molar-refractivity contribution in [1.29, 1.82) is 0 Å². The predicted octanol–water partition coefficient (Wildman–Crippen LogP) is 6.66. The topological polar surface area (TPSA) is 78.5 Å². The van der Waals surface area contributed by atoms with Crippen LogP contribution in [-0.4, -0.2) is 17.7 Å². The van der Waals surface area contributed by atoms with Gasteiger partial charge >= 0.3 is 6.18 Å². The predicted molar refractivity (Wildman–Crippen MR) is 136 cm³/mol. The summed E-state index contributed by atoms with van der Waals surface area (Å²) in [5.41, 5.74) is 1.32. The van der Waals surface area contributed by atoms with Gasteiger partial charge in [0.1, 0.15) is 10.7 Å². The fraction of sp³-hybridized carbons (Fsp3) is 0.115. The lowest BCUT2D eigenvalue weighted by molar-refractivity contribution is -0.137. The number of halogens is 5. The second-order valence-corrected chi connectivity index (χ2v) is 9.11. The minimum Gasteiger partial charge on any atom is -0.350 e. The summed E-state index contributed by atoms with van der Waals surface area (Å²) >= 11 is 12.1. The van der Waals surface area contributed by atoms with Crippen molar-refractivity contribution in [2.24, 2.45) is 0 Å². The van der Waals surface area contributed by atoms with E-state index in [9.17, 15) is 27.6 Å². The van der Waals surface area contributed by atoms with Crippen LogP contribution in [0.2, 0.25) is 5.02 Å². The van der Waals surface area contributed by atoms with Crippen molar-refractivity contribution in [3.63, 3.8) is 0 Å². The van der Waals surface area contributed by atoms with Gasteiger partial charge in [0.05, 0.1) is 22.0 Å². The van der Waals surface area contributed by atoms with E-state index in [0.717, 1.165) is 34.2 Å². The van der Waals surface area contributed by atoms with Crippen molar-refractivity contribution in [2.75, 3.05) is 15.5 Å². The van der Waals surface area contributed by atoms with Crippen LogP contribution in [0.4, 0.5) is 30.2 Å². The molecule has 0 bridgehead atoms. The average molecular weight is 548 g/mol. The van der Waals surface area contributed by atoms with Crippen LogP contribution in [0.5, 0.6) is 0 Å². The summed E-state index contributed by atoms with van der Waals surface area (Å²) in [5, 5.41) is 4.82.